The number of benzene rings is 2. The fourth-order valence-electron chi connectivity index (χ4n) is 5.24. The second-order valence-electron chi connectivity index (χ2n) is 11.5. The van der Waals surface area contributed by atoms with Gasteiger partial charge >= 0.3 is 5.97 Å². The van der Waals surface area contributed by atoms with E-state index in [0.29, 0.717) is 29.7 Å². The number of rotatable bonds is 7. The van der Waals surface area contributed by atoms with Crippen LogP contribution in [0.25, 0.3) is 22.2 Å². The van der Waals surface area contributed by atoms with Crippen molar-refractivity contribution in [2.45, 2.75) is 83.5 Å². The summed E-state index contributed by atoms with van der Waals surface area (Å²) >= 11 is 7.02. The molecule has 0 aliphatic heterocycles. The van der Waals surface area contributed by atoms with E-state index < -0.39 is 14.3 Å². The molecule has 0 unspecified atom stereocenters. The number of carbonyl (C=O) groups is 1. The van der Waals surface area contributed by atoms with Gasteiger partial charge in [0.2, 0.25) is 0 Å². The van der Waals surface area contributed by atoms with Crippen LogP contribution in [0.3, 0.4) is 0 Å². The van der Waals surface area contributed by atoms with Crippen molar-refractivity contribution in [3.63, 3.8) is 0 Å². The van der Waals surface area contributed by atoms with Crippen molar-refractivity contribution in [3.05, 3.63) is 58.6 Å². The second kappa shape index (κ2) is 10.7. The van der Waals surface area contributed by atoms with Gasteiger partial charge in [0.25, 0.3) is 0 Å². The predicted molar refractivity (Wildman–Crippen MR) is 153 cm³/mol. The van der Waals surface area contributed by atoms with E-state index in [2.05, 4.69) is 74.8 Å². The zero-order valence-corrected chi connectivity index (χ0v) is 24.4. The van der Waals surface area contributed by atoms with Gasteiger partial charge in [-0.1, -0.05) is 88.0 Å². The van der Waals surface area contributed by atoms with E-state index in [0.717, 1.165) is 10.9 Å². The fourth-order valence-corrected chi connectivity index (χ4v) is 6.62. The molecule has 194 valence electrons. The third-order valence-electron chi connectivity index (χ3n) is 8.25. The SMILES string of the molecule is COC(=O)c1ccc2c(C3CCCCC3)c(-c3ccccc3)n(CCO[Si](C)(C)C(C)(C)C)c2c1Cl. The number of halogens is 1. The molecule has 1 fully saturated rings. The Morgan fingerprint density at radius 3 is 2.33 bits per heavy atom. The Labute approximate surface area is 222 Å². The molecule has 0 atom stereocenters. The van der Waals surface area contributed by atoms with Gasteiger partial charge in [-0.25, -0.2) is 4.79 Å². The van der Waals surface area contributed by atoms with Crippen molar-refractivity contribution in [1.82, 2.24) is 4.57 Å². The maximum absolute atomic E-state index is 12.6. The van der Waals surface area contributed by atoms with E-state index in [1.807, 2.05) is 6.07 Å². The van der Waals surface area contributed by atoms with Crippen molar-refractivity contribution in [1.29, 1.82) is 0 Å². The molecule has 1 aromatic heterocycles. The first-order valence-corrected chi connectivity index (χ1v) is 16.5. The molecule has 3 aromatic rings. The van der Waals surface area contributed by atoms with E-state index in [1.54, 1.807) is 0 Å². The maximum Gasteiger partial charge on any atom is 0.339 e. The van der Waals surface area contributed by atoms with Gasteiger partial charge in [0, 0.05) is 11.9 Å². The molecule has 1 aliphatic carbocycles. The molecule has 2 aromatic carbocycles. The highest BCUT2D eigenvalue weighted by atomic mass is 35.5. The summed E-state index contributed by atoms with van der Waals surface area (Å²) in [5, 5.41) is 1.74. The summed E-state index contributed by atoms with van der Waals surface area (Å²) in [6.07, 6.45) is 6.14. The number of hydrogen-bond acceptors (Lipinski definition) is 3. The highest BCUT2D eigenvalue weighted by Gasteiger charge is 2.37. The Balaban J connectivity index is 1.93. The van der Waals surface area contributed by atoms with E-state index in [-0.39, 0.29) is 5.04 Å². The van der Waals surface area contributed by atoms with Crippen LogP contribution in [0.4, 0.5) is 0 Å². The minimum atomic E-state index is -1.92. The van der Waals surface area contributed by atoms with Crippen LogP contribution in [0.1, 0.15) is 74.7 Å². The number of ether oxygens (including phenoxy) is 1. The largest absolute Gasteiger partial charge is 0.465 e. The predicted octanol–water partition coefficient (Wildman–Crippen LogP) is 8.82. The zero-order valence-electron chi connectivity index (χ0n) is 22.6. The lowest BCUT2D eigenvalue weighted by molar-refractivity contribution is 0.0601. The Morgan fingerprint density at radius 1 is 1.06 bits per heavy atom. The van der Waals surface area contributed by atoms with E-state index in [9.17, 15) is 4.79 Å². The van der Waals surface area contributed by atoms with Crippen LogP contribution in [0.2, 0.25) is 23.2 Å². The van der Waals surface area contributed by atoms with Crippen LogP contribution in [0.5, 0.6) is 0 Å². The minimum absolute atomic E-state index is 0.136. The molecule has 1 heterocycles. The molecule has 0 bridgehead atoms. The number of methoxy groups -OCH3 is 1. The summed E-state index contributed by atoms with van der Waals surface area (Å²) in [7, 11) is -0.516. The van der Waals surface area contributed by atoms with Crippen molar-refractivity contribution in [2.75, 3.05) is 13.7 Å². The molecule has 1 aliphatic rings. The first kappa shape index (κ1) is 27.0. The molecule has 0 saturated heterocycles. The zero-order chi connectivity index (χ0) is 26.1. The lowest BCUT2D eigenvalue weighted by atomic mass is 9.82. The number of nitrogens with zero attached hydrogens (tertiary/aromatic N) is 1. The molecule has 0 amide bonds. The van der Waals surface area contributed by atoms with Gasteiger partial charge in [-0.3, -0.25) is 0 Å². The Hall–Kier alpha value is -2.08. The Bertz CT molecular complexity index is 1220. The number of hydrogen-bond donors (Lipinski definition) is 0. The summed E-state index contributed by atoms with van der Waals surface area (Å²) in [4.78, 5) is 12.6. The van der Waals surface area contributed by atoms with E-state index >= 15 is 0 Å². The standard InChI is InChI=1S/C30H40ClNO3Si/c1-30(2,3)36(5,6)35-20-19-32-27(22-15-11-8-12-16-22)25(21-13-9-7-10-14-21)23-17-18-24(29(33)34-4)26(31)28(23)32/h8,11-12,15-18,21H,7,9-10,13-14,19-20H2,1-6H3. The molecular weight excluding hydrogens is 486 g/mol. The molecule has 4 nitrogen and oxygen atoms in total. The van der Waals surface area contributed by atoms with Gasteiger partial charge in [0.1, 0.15) is 0 Å². The van der Waals surface area contributed by atoms with Crippen LogP contribution in [-0.4, -0.2) is 32.6 Å². The quantitative estimate of drug-likeness (QED) is 0.228. The third kappa shape index (κ3) is 5.16. The normalized spacial score (nSPS) is 15.4. The van der Waals surface area contributed by atoms with Crippen molar-refractivity contribution >= 4 is 36.8 Å². The molecule has 0 N–H and O–H groups in total. The third-order valence-corrected chi connectivity index (χ3v) is 13.2. The fraction of sp³-hybridized carbons (Fsp3) is 0.500. The van der Waals surface area contributed by atoms with Crippen LogP contribution in [-0.2, 0) is 15.7 Å². The van der Waals surface area contributed by atoms with E-state index in [4.69, 9.17) is 20.8 Å². The summed E-state index contributed by atoms with van der Waals surface area (Å²) in [6.45, 7) is 12.6. The second-order valence-corrected chi connectivity index (χ2v) is 16.7. The van der Waals surface area contributed by atoms with Gasteiger partial charge in [-0.15, -0.1) is 0 Å². The molecule has 0 radical (unpaired) electrons. The summed E-state index contributed by atoms with van der Waals surface area (Å²) in [6, 6.07) is 14.5. The Kier molecular flexibility index (Phi) is 8.03. The average Bonchev–Trinajstić information content (AvgIpc) is 3.19. The highest BCUT2D eigenvalue weighted by molar-refractivity contribution is 6.74. The minimum Gasteiger partial charge on any atom is -0.465 e. The molecule has 4 rings (SSSR count). The Morgan fingerprint density at radius 2 is 1.72 bits per heavy atom. The molecular formula is C30H40ClNO3Si. The summed E-state index contributed by atoms with van der Waals surface area (Å²) in [5.74, 6) is 0.0618. The topological polar surface area (TPSA) is 40.5 Å². The first-order valence-electron chi connectivity index (χ1n) is 13.2. The van der Waals surface area contributed by atoms with Gasteiger partial charge in [-0.05, 0) is 54.1 Å². The van der Waals surface area contributed by atoms with E-state index in [1.165, 1.54) is 56.0 Å². The average molecular weight is 526 g/mol. The van der Waals surface area contributed by atoms with Gasteiger partial charge < -0.3 is 13.7 Å². The van der Waals surface area contributed by atoms with Gasteiger partial charge in [0.15, 0.2) is 8.32 Å². The monoisotopic (exact) mass is 525 g/mol. The number of carbonyl (C=O) groups excluding carboxylic acids is 1. The van der Waals surface area contributed by atoms with Gasteiger partial charge in [0.05, 0.1) is 35.5 Å². The molecule has 0 spiro atoms. The van der Waals surface area contributed by atoms with Crippen LogP contribution in [0, 0.1) is 0 Å². The maximum atomic E-state index is 12.6. The number of aromatic nitrogens is 1. The van der Waals surface area contributed by atoms with Gasteiger partial charge in [-0.2, -0.15) is 0 Å². The van der Waals surface area contributed by atoms with Crippen LogP contribution >= 0.6 is 11.6 Å². The molecule has 6 heteroatoms. The molecule has 36 heavy (non-hydrogen) atoms. The van der Waals surface area contributed by atoms with Crippen molar-refractivity contribution < 1.29 is 14.0 Å². The van der Waals surface area contributed by atoms with Crippen LogP contribution < -0.4 is 0 Å². The lowest BCUT2D eigenvalue weighted by Crippen LogP contribution is -2.41. The summed E-state index contributed by atoms with van der Waals surface area (Å²) in [5.41, 5.74) is 5.07. The first-order chi connectivity index (χ1) is 17.1. The molecule has 1 saturated carbocycles. The van der Waals surface area contributed by atoms with Crippen molar-refractivity contribution in [2.24, 2.45) is 0 Å². The van der Waals surface area contributed by atoms with Crippen molar-refractivity contribution in [3.8, 4) is 11.3 Å². The highest BCUT2D eigenvalue weighted by Crippen LogP contribution is 2.46. The number of fused-ring (bicyclic) bond motifs is 1. The lowest BCUT2D eigenvalue weighted by Gasteiger charge is -2.36. The number of esters is 1. The smallest absolute Gasteiger partial charge is 0.339 e. The summed E-state index contributed by atoms with van der Waals surface area (Å²) < 4.78 is 14.0. The van der Waals surface area contributed by atoms with Crippen LogP contribution in [0.15, 0.2) is 42.5 Å².